The molecule has 2 saturated heterocycles. The van der Waals surface area contributed by atoms with Gasteiger partial charge < -0.3 is 19.3 Å². The van der Waals surface area contributed by atoms with Crippen molar-refractivity contribution in [1.82, 2.24) is 14.8 Å². The third-order valence-corrected chi connectivity index (χ3v) is 6.03. The summed E-state index contributed by atoms with van der Waals surface area (Å²) in [6, 6.07) is 0. The second-order valence-corrected chi connectivity index (χ2v) is 8.06. The summed E-state index contributed by atoms with van der Waals surface area (Å²) in [5, 5.41) is 9.07. The fourth-order valence-corrected chi connectivity index (χ4v) is 4.48. The van der Waals surface area contributed by atoms with E-state index in [4.69, 9.17) is 9.52 Å². The van der Waals surface area contributed by atoms with Crippen LogP contribution in [-0.2, 0) is 4.79 Å². The number of aliphatic hydroxyl groups is 1. The van der Waals surface area contributed by atoms with E-state index < -0.39 is 0 Å². The highest BCUT2D eigenvalue weighted by molar-refractivity contribution is 5.93. The van der Waals surface area contributed by atoms with Crippen molar-refractivity contribution < 1.29 is 19.1 Å². The van der Waals surface area contributed by atoms with Crippen LogP contribution in [0.15, 0.2) is 10.8 Å². The molecule has 26 heavy (non-hydrogen) atoms. The molecular weight excluding hydrogens is 334 g/mol. The highest BCUT2D eigenvalue weighted by atomic mass is 16.3. The maximum atomic E-state index is 13.0. The largest absolute Gasteiger partial charge is 0.447 e. The molecule has 1 unspecified atom stereocenters. The zero-order valence-corrected chi connectivity index (χ0v) is 15.2. The molecule has 4 rings (SSSR count). The van der Waals surface area contributed by atoms with Crippen molar-refractivity contribution in [3.8, 4) is 0 Å². The van der Waals surface area contributed by atoms with Crippen LogP contribution in [-0.4, -0.2) is 64.5 Å². The number of carbonyl (C=O) groups is 2. The second kappa shape index (κ2) is 7.02. The van der Waals surface area contributed by atoms with Crippen molar-refractivity contribution in [2.24, 2.45) is 5.41 Å². The molecule has 0 radical (unpaired) electrons. The Morgan fingerprint density at radius 2 is 2.19 bits per heavy atom. The molecule has 2 aliphatic heterocycles. The van der Waals surface area contributed by atoms with E-state index in [0.717, 1.165) is 44.4 Å². The number of amides is 2. The van der Waals surface area contributed by atoms with Gasteiger partial charge in [0.2, 0.25) is 5.91 Å². The lowest BCUT2D eigenvalue weighted by Gasteiger charge is -2.48. The second-order valence-electron chi connectivity index (χ2n) is 8.06. The van der Waals surface area contributed by atoms with Crippen molar-refractivity contribution in [2.75, 3.05) is 32.8 Å². The Kier molecular flexibility index (Phi) is 4.73. The maximum absolute atomic E-state index is 13.0. The Labute approximate surface area is 153 Å². The van der Waals surface area contributed by atoms with Gasteiger partial charge in [-0.25, -0.2) is 4.98 Å². The molecule has 3 heterocycles. The average molecular weight is 361 g/mol. The van der Waals surface area contributed by atoms with E-state index >= 15 is 0 Å². The number of oxazole rings is 1. The Bertz CT molecular complexity index is 684. The Balaban J connectivity index is 1.47. The lowest BCUT2D eigenvalue weighted by atomic mass is 9.73. The number of carbonyl (C=O) groups excluding carboxylic acids is 2. The van der Waals surface area contributed by atoms with Gasteiger partial charge in [-0.15, -0.1) is 0 Å². The Hall–Kier alpha value is -1.89. The van der Waals surface area contributed by atoms with Gasteiger partial charge in [0, 0.05) is 50.5 Å². The topological polar surface area (TPSA) is 86.9 Å². The number of piperidine rings is 2. The summed E-state index contributed by atoms with van der Waals surface area (Å²) < 4.78 is 5.48. The standard InChI is InChI=1S/C19H27N3O4/c23-10-2-9-21-11-19(7-5-15(21)24)6-1-8-22(12-19)18(25)16-17(14-3-4-14)26-13-20-16/h13-14,23H,1-12H2. The van der Waals surface area contributed by atoms with Gasteiger partial charge in [0.25, 0.3) is 5.91 Å². The molecule has 1 aliphatic carbocycles. The van der Waals surface area contributed by atoms with E-state index in [2.05, 4.69) is 4.98 Å². The molecule has 7 nitrogen and oxygen atoms in total. The fourth-order valence-electron chi connectivity index (χ4n) is 4.48. The molecule has 1 atom stereocenters. The highest BCUT2D eigenvalue weighted by Gasteiger charge is 2.43. The van der Waals surface area contributed by atoms with Crippen molar-refractivity contribution in [3.63, 3.8) is 0 Å². The SMILES string of the molecule is O=C1CCC2(CCCN(C(=O)c3ncoc3C3CC3)C2)CN1CCCO. The number of aromatic nitrogens is 1. The van der Waals surface area contributed by atoms with Crippen LogP contribution in [0.2, 0.25) is 0 Å². The van der Waals surface area contributed by atoms with Crippen LogP contribution in [0.1, 0.15) is 67.1 Å². The first-order chi connectivity index (χ1) is 12.6. The van der Waals surface area contributed by atoms with Crippen LogP contribution in [0.5, 0.6) is 0 Å². The molecule has 2 amide bonds. The number of nitrogens with zero attached hydrogens (tertiary/aromatic N) is 3. The minimum Gasteiger partial charge on any atom is -0.447 e. The summed E-state index contributed by atoms with van der Waals surface area (Å²) >= 11 is 0. The van der Waals surface area contributed by atoms with Crippen molar-refractivity contribution >= 4 is 11.8 Å². The van der Waals surface area contributed by atoms with Crippen LogP contribution in [0, 0.1) is 5.41 Å². The van der Waals surface area contributed by atoms with Gasteiger partial charge >= 0.3 is 0 Å². The molecule has 0 aromatic carbocycles. The molecule has 142 valence electrons. The van der Waals surface area contributed by atoms with E-state index in [1.54, 1.807) is 0 Å². The van der Waals surface area contributed by atoms with E-state index in [9.17, 15) is 9.59 Å². The molecule has 1 saturated carbocycles. The first-order valence-corrected chi connectivity index (χ1v) is 9.73. The number of hydrogen-bond acceptors (Lipinski definition) is 5. The smallest absolute Gasteiger partial charge is 0.276 e. The van der Waals surface area contributed by atoms with Crippen molar-refractivity contribution in [2.45, 2.75) is 50.9 Å². The Morgan fingerprint density at radius 3 is 2.96 bits per heavy atom. The van der Waals surface area contributed by atoms with Crippen LogP contribution in [0.3, 0.4) is 0 Å². The summed E-state index contributed by atoms with van der Waals surface area (Å²) in [7, 11) is 0. The molecule has 1 spiro atoms. The predicted molar refractivity (Wildman–Crippen MR) is 93.6 cm³/mol. The van der Waals surface area contributed by atoms with Gasteiger partial charge in [0.05, 0.1) is 0 Å². The third-order valence-electron chi connectivity index (χ3n) is 6.03. The number of hydrogen-bond donors (Lipinski definition) is 1. The molecule has 1 aromatic rings. The van der Waals surface area contributed by atoms with Gasteiger partial charge in [-0.1, -0.05) is 0 Å². The molecule has 3 fully saturated rings. The first kappa shape index (κ1) is 17.5. The minimum absolute atomic E-state index is 0.0270. The lowest BCUT2D eigenvalue weighted by Crippen LogP contribution is -2.55. The van der Waals surface area contributed by atoms with E-state index in [0.29, 0.717) is 44.1 Å². The van der Waals surface area contributed by atoms with Gasteiger partial charge in [-0.3, -0.25) is 9.59 Å². The monoisotopic (exact) mass is 361 g/mol. The highest BCUT2D eigenvalue weighted by Crippen LogP contribution is 2.43. The van der Waals surface area contributed by atoms with Crippen molar-refractivity contribution in [3.05, 3.63) is 17.8 Å². The first-order valence-electron chi connectivity index (χ1n) is 9.73. The summed E-state index contributed by atoms with van der Waals surface area (Å²) in [6.07, 6.45) is 7.48. The summed E-state index contributed by atoms with van der Waals surface area (Å²) in [5.41, 5.74) is 0.453. The molecule has 7 heteroatoms. The summed E-state index contributed by atoms with van der Waals surface area (Å²) in [5.74, 6) is 1.24. The molecule has 3 aliphatic rings. The molecule has 0 bridgehead atoms. The lowest BCUT2D eigenvalue weighted by molar-refractivity contribution is -0.139. The molecular formula is C19H27N3O4. The average Bonchev–Trinajstić information content (AvgIpc) is 3.39. The van der Waals surface area contributed by atoms with Gasteiger partial charge in [0.15, 0.2) is 12.1 Å². The van der Waals surface area contributed by atoms with Gasteiger partial charge in [-0.05, 0) is 38.5 Å². The van der Waals surface area contributed by atoms with Crippen molar-refractivity contribution in [1.29, 1.82) is 0 Å². The van der Waals surface area contributed by atoms with Crippen LogP contribution in [0.25, 0.3) is 0 Å². The maximum Gasteiger partial charge on any atom is 0.276 e. The Morgan fingerprint density at radius 1 is 1.35 bits per heavy atom. The zero-order chi connectivity index (χ0) is 18.1. The number of rotatable bonds is 5. The quantitative estimate of drug-likeness (QED) is 0.864. The van der Waals surface area contributed by atoms with E-state index in [1.165, 1.54) is 6.39 Å². The minimum atomic E-state index is -0.0291. The summed E-state index contributed by atoms with van der Waals surface area (Å²) in [4.78, 5) is 33.2. The third kappa shape index (κ3) is 3.37. The molecule has 1 N–H and O–H groups in total. The summed E-state index contributed by atoms with van der Waals surface area (Å²) in [6.45, 7) is 2.79. The fraction of sp³-hybridized carbons (Fsp3) is 0.737. The normalized spacial score (nSPS) is 26.6. The van der Waals surface area contributed by atoms with E-state index in [-0.39, 0.29) is 23.8 Å². The van der Waals surface area contributed by atoms with E-state index in [1.807, 2.05) is 9.80 Å². The number of likely N-dealkylation sites (tertiary alicyclic amines) is 2. The van der Waals surface area contributed by atoms with Crippen LogP contribution >= 0.6 is 0 Å². The number of aliphatic hydroxyl groups excluding tert-OH is 1. The van der Waals surface area contributed by atoms with Crippen LogP contribution in [0.4, 0.5) is 0 Å². The van der Waals surface area contributed by atoms with Crippen LogP contribution < -0.4 is 0 Å². The zero-order valence-electron chi connectivity index (χ0n) is 15.2. The predicted octanol–water partition coefficient (Wildman–Crippen LogP) is 1.78. The van der Waals surface area contributed by atoms with Gasteiger partial charge in [0.1, 0.15) is 5.76 Å². The van der Waals surface area contributed by atoms with Gasteiger partial charge in [-0.2, -0.15) is 0 Å². The molecule has 1 aromatic heterocycles.